The molecule has 0 radical (unpaired) electrons. The minimum absolute atomic E-state index is 0.373. The third-order valence-corrected chi connectivity index (χ3v) is 10.1. The molecule has 2 heterocycles. The molecular weight excluding hydrogens is 502 g/mol. The molecule has 40 heavy (non-hydrogen) atoms. The summed E-state index contributed by atoms with van der Waals surface area (Å²) in [6, 6.07) is 42.4. The fourth-order valence-electron chi connectivity index (χ4n) is 6.91. The van der Waals surface area contributed by atoms with Crippen molar-refractivity contribution >= 4 is 55.1 Å². The lowest BCUT2D eigenvalue weighted by Gasteiger charge is -2.17. The zero-order valence-electron chi connectivity index (χ0n) is 21.8. The maximum atomic E-state index is 2.53. The van der Waals surface area contributed by atoms with Crippen molar-refractivity contribution in [1.82, 2.24) is 4.57 Å². The van der Waals surface area contributed by atoms with E-state index < -0.39 is 0 Å². The minimum atomic E-state index is 0.373. The zero-order chi connectivity index (χ0) is 26.2. The Hall–Kier alpha value is -4.53. The van der Waals surface area contributed by atoms with Crippen molar-refractivity contribution < 1.29 is 0 Å². The molecule has 1 aliphatic carbocycles. The van der Waals surface area contributed by atoms with E-state index in [0.29, 0.717) is 11.2 Å². The highest BCUT2D eigenvalue weighted by atomic mass is 32.2. The van der Waals surface area contributed by atoms with Gasteiger partial charge < -0.3 is 4.57 Å². The van der Waals surface area contributed by atoms with Crippen LogP contribution in [0.4, 0.5) is 0 Å². The monoisotopic (exact) mass is 527 g/mol. The third kappa shape index (κ3) is 3.11. The maximum Gasteiger partial charge on any atom is 0.0623 e. The van der Waals surface area contributed by atoms with E-state index in [2.05, 4.69) is 144 Å². The molecule has 0 spiro atoms. The summed E-state index contributed by atoms with van der Waals surface area (Å²) in [6.07, 6.45) is 9.24. The van der Waals surface area contributed by atoms with E-state index in [-0.39, 0.29) is 0 Å². The summed E-state index contributed by atoms with van der Waals surface area (Å²) in [5.41, 5.74) is 7.73. The number of allylic oxidation sites excluding steroid dienone is 3. The number of nitrogens with zero attached hydrogens (tertiary/aromatic N) is 1. The third-order valence-electron chi connectivity index (χ3n) is 8.66. The molecule has 0 bridgehead atoms. The molecule has 1 aliphatic heterocycles. The van der Waals surface area contributed by atoms with Crippen LogP contribution in [0, 0.1) is 0 Å². The molecule has 0 saturated heterocycles. The van der Waals surface area contributed by atoms with Crippen molar-refractivity contribution in [2.75, 3.05) is 0 Å². The molecule has 9 rings (SSSR count). The Morgan fingerprint density at radius 2 is 1.30 bits per heavy atom. The predicted octanol–water partition coefficient (Wildman–Crippen LogP) is 10.4. The summed E-state index contributed by atoms with van der Waals surface area (Å²) in [5, 5.41) is 8.42. The Morgan fingerprint density at radius 3 is 2.17 bits per heavy atom. The fourth-order valence-corrected chi connectivity index (χ4v) is 8.40. The minimum Gasteiger partial charge on any atom is -0.309 e. The Bertz CT molecular complexity index is 2200. The lowest BCUT2D eigenvalue weighted by Crippen LogP contribution is -2.07. The highest BCUT2D eigenvalue weighted by Crippen LogP contribution is 2.56. The predicted molar refractivity (Wildman–Crippen MR) is 172 cm³/mol. The molecule has 0 N–H and O–H groups in total. The normalized spacial score (nSPS) is 17.7. The van der Waals surface area contributed by atoms with Crippen LogP contribution < -0.4 is 0 Å². The molecule has 2 heteroatoms. The first-order valence-electron chi connectivity index (χ1n) is 13.9. The SMILES string of the molecule is C1=CC2Sc3c(c4c5cc6ccccc6cc5n(-c5cccc(-c6ccccc6)c5)c4c4ccccc34)C2C=C1. The Kier molecular flexibility index (Phi) is 4.73. The summed E-state index contributed by atoms with van der Waals surface area (Å²) < 4.78 is 2.53. The van der Waals surface area contributed by atoms with Gasteiger partial charge in [0, 0.05) is 37.9 Å². The lowest BCUT2D eigenvalue weighted by atomic mass is 9.87. The van der Waals surface area contributed by atoms with Crippen molar-refractivity contribution in [2.45, 2.75) is 16.1 Å². The topological polar surface area (TPSA) is 4.93 Å². The Balaban J connectivity index is 1.49. The van der Waals surface area contributed by atoms with Crippen LogP contribution in [0.5, 0.6) is 0 Å². The van der Waals surface area contributed by atoms with Crippen LogP contribution in [0.25, 0.3) is 60.2 Å². The van der Waals surface area contributed by atoms with Gasteiger partial charge >= 0.3 is 0 Å². The van der Waals surface area contributed by atoms with Gasteiger partial charge in [-0.2, -0.15) is 0 Å². The standard InChI is InChI=1S/C38H25NS/c1-2-11-24(12-3-1)25-15-10-16-28(21-25)39-33-23-27-14-5-4-13-26(27)22-32(33)35-36-31-19-8-9-20-34(31)40-38(36)30-18-7-6-17-29(30)37(35)39/h1-23,31,34H. The highest BCUT2D eigenvalue weighted by Gasteiger charge is 2.36. The molecule has 2 unspecified atom stereocenters. The van der Waals surface area contributed by atoms with Crippen molar-refractivity contribution in [3.05, 3.63) is 145 Å². The van der Waals surface area contributed by atoms with E-state index >= 15 is 0 Å². The van der Waals surface area contributed by atoms with Gasteiger partial charge in [-0.3, -0.25) is 0 Å². The quantitative estimate of drug-likeness (QED) is 0.216. The second kappa shape index (κ2) is 8.48. The Morgan fingerprint density at radius 1 is 0.575 bits per heavy atom. The van der Waals surface area contributed by atoms with Crippen molar-refractivity contribution in [1.29, 1.82) is 0 Å². The first-order valence-corrected chi connectivity index (χ1v) is 14.8. The first-order chi connectivity index (χ1) is 19.8. The van der Waals surface area contributed by atoms with Crippen molar-refractivity contribution in [3.8, 4) is 16.8 Å². The molecule has 0 fully saturated rings. The summed E-state index contributed by atoms with van der Waals surface area (Å²) in [6.45, 7) is 0. The van der Waals surface area contributed by atoms with E-state index in [1.807, 2.05) is 11.8 Å². The molecular formula is C38H25NS. The average Bonchev–Trinajstić information content (AvgIpc) is 3.57. The highest BCUT2D eigenvalue weighted by molar-refractivity contribution is 8.00. The number of thioether (sulfide) groups is 1. The maximum absolute atomic E-state index is 2.53. The van der Waals surface area contributed by atoms with Crippen LogP contribution in [0.2, 0.25) is 0 Å². The van der Waals surface area contributed by atoms with Gasteiger partial charge in [0.1, 0.15) is 0 Å². The van der Waals surface area contributed by atoms with Crippen LogP contribution in [-0.4, -0.2) is 9.82 Å². The van der Waals surface area contributed by atoms with Gasteiger partial charge in [0.15, 0.2) is 0 Å². The fraction of sp³-hybridized carbons (Fsp3) is 0.0526. The summed E-state index contributed by atoms with van der Waals surface area (Å²) in [7, 11) is 0. The van der Waals surface area contributed by atoms with E-state index in [9.17, 15) is 0 Å². The van der Waals surface area contributed by atoms with E-state index in [1.165, 1.54) is 70.6 Å². The van der Waals surface area contributed by atoms with Gasteiger partial charge in [0.05, 0.1) is 11.0 Å². The summed E-state index contributed by atoms with van der Waals surface area (Å²) in [4.78, 5) is 1.44. The molecule has 1 aromatic heterocycles. The summed E-state index contributed by atoms with van der Waals surface area (Å²) in [5.74, 6) is 0.373. The smallest absolute Gasteiger partial charge is 0.0623 e. The van der Waals surface area contributed by atoms with Gasteiger partial charge in [0.25, 0.3) is 0 Å². The van der Waals surface area contributed by atoms with Crippen LogP contribution in [0.3, 0.4) is 0 Å². The van der Waals surface area contributed by atoms with E-state index in [1.54, 1.807) is 0 Å². The van der Waals surface area contributed by atoms with E-state index in [0.717, 1.165) is 0 Å². The van der Waals surface area contributed by atoms with Gasteiger partial charge in [-0.15, -0.1) is 11.8 Å². The molecule has 0 amide bonds. The zero-order valence-corrected chi connectivity index (χ0v) is 22.6. The van der Waals surface area contributed by atoms with Crippen molar-refractivity contribution in [2.24, 2.45) is 0 Å². The van der Waals surface area contributed by atoms with Crippen LogP contribution in [-0.2, 0) is 0 Å². The summed E-state index contributed by atoms with van der Waals surface area (Å²) >= 11 is 2.03. The molecule has 2 aliphatic rings. The van der Waals surface area contributed by atoms with Gasteiger partial charge in [0.2, 0.25) is 0 Å². The second-order valence-electron chi connectivity index (χ2n) is 10.9. The van der Waals surface area contributed by atoms with E-state index in [4.69, 9.17) is 0 Å². The first kappa shape index (κ1) is 22.3. The molecule has 1 nitrogen and oxygen atoms in total. The lowest BCUT2D eigenvalue weighted by molar-refractivity contribution is 0.893. The number of hydrogen-bond acceptors (Lipinski definition) is 1. The van der Waals surface area contributed by atoms with Gasteiger partial charge in [-0.05, 0) is 57.1 Å². The molecule has 0 saturated carbocycles. The molecule has 188 valence electrons. The number of benzene rings is 6. The second-order valence-corrected chi connectivity index (χ2v) is 12.0. The van der Waals surface area contributed by atoms with Crippen LogP contribution in [0.1, 0.15) is 11.5 Å². The van der Waals surface area contributed by atoms with Crippen molar-refractivity contribution in [3.63, 3.8) is 0 Å². The number of aromatic nitrogens is 1. The molecule has 7 aromatic rings. The number of rotatable bonds is 2. The number of fused-ring (bicyclic) bond motifs is 11. The Labute approximate surface area is 237 Å². The largest absolute Gasteiger partial charge is 0.309 e. The van der Waals surface area contributed by atoms with Crippen LogP contribution in [0.15, 0.2) is 144 Å². The van der Waals surface area contributed by atoms with Crippen LogP contribution >= 0.6 is 11.8 Å². The number of hydrogen-bond donors (Lipinski definition) is 0. The van der Waals surface area contributed by atoms with Gasteiger partial charge in [-0.1, -0.05) is 115 Å². The molecule has 2 atom stereocenters. The van der Waals surface area contributed by atoms with Gasteiger partial charge in [-0.25, -0.2) is 0 Å². The average molecular weight is 528 g/mol. The molecule has 6 aromatic carbocycles.